The van der Waals surface area contributed by atoms with E-state index in [-0.39, 0.29) is 17.1 Å². The second-order valence-corrected chi connectivity index (χ2v) is 9.71. The van der Waals surface area contributed by atoms with E-state index in [2.05, 4.69) is 11.8 Å². The molecule has 2 saturated carbocycles. The van der Waals surface area contributed by atoms with E-state index >= 15 is 0 Å². The van der Waals surface area contributed by atoms with E-state index in [1.165, 1.54) is 12.1 Å². The molecule has 1 N–H and O–H groups in total. The summed E-state index contributed by atoms with van der Waals surface area (Å²) in [5.74, 6) is -0.528. The normalized spacial score (nSPS) is 30.5. The lowest BCUT2D eigenvalue weighted by atomic mass is 9.61. The number of hydrogen-bond donors (Lipinski definition) is 1. The second kappa shape index (κ2) is 7.78. The molecule has 4 atom stereocenters. The van der Waals surface area contributed by atoms with Crippen LogP contribution in [0.5, 0.6) is 5.75 Å². The molecule has 0 heterocycles. The van der Waals surface area contributed by atoms with E-state index in [0.29, 0.717) is 23.5 Å². The van der Waals surface area contributed by atoms with Crippen molar-refractivity contribution in [3.05, 3.63) is 65.5 Å². The van der Waals surface area contributed by atoms with Crippen LogP contribution in [0.15, 0.2) is 48.5 Å². The number of aliphatic hydroxyl groups is 1. The first-order valence-electron chi connectivity index (χ1n) is 10.6. The van der Waals surface area contributed by atoms with Crippen LogP contribution in [0.1, 0.15) is 48.5 Å². The van der Waals surface area contributed by atoms with E-state index in [1.54, 1.807) is 30.3 Å². The minimum Gasteiger partial charge on any atom is -0.423 e. The average molecular weight is 412 g/mol. The van der Waals surface area contributed by atoms with Crippen molar-refractivity contribution < 1.29 is 19.0 Å². The molecule has 0 radical (unpaired) electrons. The first kappa shape index (κ1) is 21.0. The zero-order valence-corrected chi connectivity index (χ0v) is 17.9. The average Bonchev–Trinajstić information content (AvgIpc) is 3.02. The van der Waals surface area contributed by atoms with Gasteiger partial charge >= 0.3 is 5.97 Å². The van der Waals surface area contributed by atoms with Gasteiger partial charge in [0.15, 0.2) is 0 Å². The summed E-state index contributed by atoms with van der Waals surface area (Å²) in [6, 6.07) is 12.9. The first-order valence-corrected chi connectivity index (χ1v) is 10.6. The van der Waals surface area contributed by atoms with Gasteiger partial charge in [0.05, 0.1) is 11.2 Å². The van der Waals surface area contributed by atoms with Crippen molar-refractivity contribution in [1.29, 1.82) is 0 Å². The molecular formula is C25H30FNO3. The van der Waals surface area contributed by atoms with Gasteiger partial charge in [0.1, 0.15) is 11.6 Å². The van der Waals surface area contributed by atoms with Crippen LogP contribution in [0, 0.1) is 23.1 Å². The number of halogens is 1. The monoisotopic (exact) mass is 411 g/mol. The van der Waals surface area contributed by atoms with E-state index in [0.717, 1.165) is 25.8 Å². The predicted molar refractivity (Wildman–Crippen MR) is 114 cm³/mol. The minimum atomic E-state index is -1.16. The topological polar surface area (TPSA) is 49.8 Å². The van der Waals surface area contributed by atoms with Crippen molar-refractivity contribution >= 4 is 5.97 Å². The first-order chi connectivity index (χ1) is 14.2. The summed E-state index contributed by atoms with van der Waals surface area (Å²) in [5, 5.41) is 12.0. The third-order valence-corrected chi connectivity index (χ3v) is 6.91. The molecule has 0 amide bonds. The lowest BCUT2D eigenvalue weighted by Gasteiger charge is -2.49. The fraction of sp³-hybridized carbons (Fsp3) is 0.480. The van der Waals surface area contributed by atoms with Gasteiger partial charge in [-0.1, -0.05) is 25.1 Å². The molecule has 4 nitrogen and oxygen atoms in total. The molecule has 30 heavy (non-hydrogen) atoms. The van der Waals surface area contributed by atoms with Gasteiger partial charge in [-0.2, -0.15) is 0 Å². The number of nitrogens with zero attached hydrogens (tertiary/aromatic N) is 1. The number of esters is 1. The van der Waals surface area contributed by atoms with Gasteiger partial charge in [-0.05, 0) is 80.9 Å². The highest BCUT2D eigenvalue weighted by Crippen LogP contribution is 2.60. The van der Waals surface area contributed by atoms with Crippen LogP contribution in [0.4, 0.5) is 4.39 Å². The number of ether oxygens (including phenoxy) is 1. The van der Waals surface area contributed by atoms with Crippen LogP contribution in [-0.2, 0) is 5.60 Å². The SMILES string of the molecule is CN(C)CC1C2CCC(C)(C2)CC1(O)c1cc(F)cc(OC(=O)c2ccccc2)c1. The molecule has 2 aliphatic carbocycles. The maximum atomic E-state index is 14.6. The highest BCUT2D eigenvalue weighted by molar-refractivity contribution is 5.90. The summed E-state index contributed by atoms with van der Waals surface area (Å²) < 4.78 is 20.1. The Morgan fingerprint density at radius 1 is 1.23 bits per heavy atom. The van der Waals surface area contributed by atoms with Gasteiger partial charge < -0.3 is 14.7 Å². The Balaban J connectivity index is 1.68. The Hall–Kier alpha value is -2.24. The zero-order valence-electron chi connectivity index (χ0n) is 17.9. The lowest BCUT2D eigenvalue weighted by molar-refractivity contribution is -0.108. The highest BCUT2D eigenvalue weighted by Gasteiger charge is 2.56. The second-order valence-electron chi connectivity index (χ2n) is 9.71. The Kier molecular flexibility index (Phi) is 5.45. The third-order valence-electron chi connectivity index (χ3n) is 6.91. The van der Waals surface area contributed by atoms with Crippen molar-refractivity contribution in [1.82, 2.24) is 4.90 Å². The maximum absolute atomic E-state index is 14.6. The van der Waals surface area contributed by atoms with Crippen molar-refractivity contribution in [3.8, 4) is 5.75 Å². The fourth-order valence-corrected chi connectivity index (χ4v) is 5.67. The van der Waals surface area contributed by atoms with Gasteiger partial charge in [0.2, 0.25) is 0 Å². The van der Waals surface area contributed by atoms with Crippen molar-refractivity contribution in [2.24, 2.45) is 17.3 Å². The smallest absolute Gasteiger partial charge is 0.343 e. The van der Waals surface area contributed by atoms with E-state index in [9.17, 15) is 14.3 Å². The number of benzene rings is 2. The lowest BCUT2D eigenvalue weighted by Crippen LogP contribution is -2.49. The van der Waals surface area contributed by atoms with Gasteiger partial charge in [-0.25, -0.2) is 9.18 Å². The molecule has 2 aromatic rings. The van der Waals surface area contributed by atoms with Crippen molar-refractivity contribution in [2.45, 2.75) is 38.2 Å². The van der Waals surface area contributed by atoms with Crippen LogP contribution in [0.2, 0.25) is 0 Å². The minimum absolute atomic E-state index is 0.00236. The molecule has 0 spiro atoms. The molecule has 2 bridgehead atoms. The molecule has 2 aliphatic rings. The summed E-state index contributed by atoms with van der Waals surface area (Å²) in [5.41, 5.74) is -0.206. The van der Waals surface area contributed by atoms with Crippen LogP contribution in [0.25, 0.3) is 0 Å². The Bertz CT molecular complexity index is 931. The molecule has 2 fully saturated rings. The molecule has 4 unspecified atom stereocenters. The molecule has 2 aromatic carbocycles. The highest BCUT2D eigenvalue weighted by atomic mass is 19.1. The Morgan fingerprint density at radius 2 is 1.97 bits per heavy atom. The van der Waals surface area contributed by atoms with Gasteiger partial charge in [-0.3, -0.25) is 0 Å². The van der Waals surface area contributed by atoms with Gasteiger partial charge in [0.25, 0.3) is 0 Å². The summed E-state index contributed by atoms with van der Waals surface area (Å²) in [7, 11) is 4.00. The van der Waals surface area contributed by atoms with E-state index in [4.69, 9.17) is 4.74 Å². The Labute approximate surface area is 177 Å². The summed E-state index contributed by atoms with van der Waals surface area (Å²) >= 11 is 0. The van der Waals surface area contributed by atoms with Crippen molar-refractivity contribution in [3.63, 3.8) is 0 Å². The van der Waals surface area contributed by atoms with E-state index in [1.807, 2.05) is 20.2 Å². The number of carbonyl (C=O) groups is 1. The summed E-state index contributed by atoms with van der Waals surface area (Å²) in [6.07, 6.45) is 3.85. The summed E-state index contributed by atoms with van der Waals surface area (Å²) in [6.45, 7) is 2.95. The molecule has 4 rings (SSSR count). The quantitative estimate of drug-likeness (QED) is 0.576. The summed E-state index contributed by atoms with van der Waals surface area (Å²) in [4.78, 5) is 14.5. The predicted octanol–water partition coefficient (Wildman–Crippen LogP) is 4.62. The molecule has 0 aromatic heterocycles. The number of fused-ring (bicyclic) bond motifs is 2. The standard InChI is InChI=1S/C25H30FNO3/c1-24-10-9-18(14-24)22(15-27(2)3)25(29,16-24)19-11-20(26)13-21(12-19)30-23(28)17-7-5-4-6-8-17/h4-8,11-13,18,22,29H,9-10,14-16H2,1-3H3. The fourth-order valence-electron chi connectivity index (χ4n) is 5.67. The van der Waals surface area contributed by atoms with Crippen molar-refractivity contribution in [2.75, 3.05) is 20.6 Å². The van der Waals surface area contributed by atoms with Crippen LogP contribution in [0.3, 0.4) is 0 Å². The van der Waals surface area contributed by atoms with E-state index < -0.39 is 17.4 Å². The molecule has 160 valence electrons. The molecule has 0 saturated heterocycles. The van der Waals surface area contributed by atoms with Crippen LogP contribution < -0.4 is 4.74 Å². The zero-order chi connectivity index (χ0) is 21.5. The third kappa shape index (κ3) is 4.01. The maximum Gasteiger partial charge on any atom is 0.343 e. The molecule has 5 heteroatoms. The number of carbonyl (C=O) groups excluding carboxylic acids is 1. The van der Waals surface area contributed by atoms with Crippen LogP contribution >= 0.6 is 0 Å². The van der Waals surface area contributed by atoms with Gasteiger partial charge in [-0.15, -0.1) is 0 Å². The number of rotatable bonds is 5. The Morgan fingerprint density at radius 3 is 2.67 bits per heavy atom. The van der Waals surface area contributed by atoms with Crippen LogP contribution in [-0.4, -0.2) is 36.6 Å². The molecular weight excluding hydrogens is 381 g/mol. The largest absolute Gasteiger partial charge is 0.423 e. The van der Waals surface area contributed by atoms with Gasteiger partial charge in [0, 0.05) is 18.5 Å². The molecule has 0 aliphatic heterocycles. The number of hydrogen-bond acceptors (Lipinski definition) is 4.